The lowest BCUT2D eigenvalue weighted by molar-refractivity contribution is 0.319. The molecule has 2 nitrogen and oxygen atoms in total. The van der Waals surface area contributed by atoms with E-state index in [1.807, 2.05) is 12.3 Å². The van der Waals surface area contributed by atoms with E-state index in [9.17, 15) is 4.39 Å². The lowest BCUT2D eigenvalue weighted by atomic mass is 10.1. The number of nitrogens with one attached hydrogen (secondary N) is 1. The summed E-state index contributed by atoms with van der Waals surface area (Å²) in [5, 5.41) is 3.31. The van der Waals surface area contributed by atoms with Crippen LogP contribution in [0.1, 0.15) is 19.4 Å². The molecule has 102 valence electrons. The first-order chi connectivity index (χ1) is 8.65. The highest BCUT2D eigenvalue weighted by Crippen LogP contribution is 2.22. The number of ether oxygens (including phenoxy) is 1. The standard InChI is InChI=1S/C14H22FNOS/c1-11(2)9-16-10-12-5-4-6-13(15)14(12)17-7-8-18-3/h4-6,11,16H,7-10H2,1-3H3. The molecular weight excluding hydrogens is 249 g/mol. The van der Waals surface area contributed by atoms with E-state index < -0.39 is 0 Å². The minimum absolute atomic E-state index is 0.278. The summed E-state index contributed by atoms with van der Waals surface area (Å²) in [4.78, 5) is 0. The molecule has 0 saturated heterocycles. The lowest BCUT2D eigenvalue weighted by Gasteiger charge is -2.13. The van der Waals surface area contributed by atoms with E-state index in [0.717, 1.165) is 17.9 Å². The fourth-order valence-corrected chi connectivity index (χ4v) is 1.83. The second kappa shape index (κ2) is 8.38. The quantitative estimate of drug-likeness (QED) is 0.733. The normalized spacial score (nSPS) is 10.9. The Labute approximate surface area is 113 Å². The molecule has 0 aromatic heterocycles. The molecule has 1 aromatic rings. The Bertz CT molecular complexity index is 358. The van der Waals surface area contributed by atoms with E-state index in [2.05, 4.69) is 19.2 Å². The maximum absolute atomic E-state index is 13.7. The lowest BCUT2D eigenvalue weighted by Crippen LogP contribution is -2.19. The summed E-state index contributed by atoms with van der Waals surface area (Å²) in [6.07, 6.45) is 2.01. The number of halogens is 1. The van der Waals surface area contributed by atoms with Crippen LogP contribution in [0.15, 0.2) is 18.2 Å². The number of hydrogen-bond acceptors (Lipinski definition) is 3. The van der Waals surface area contributed by atoms with Crippen molar-refractivity contribution in [1.82, 2.24) is 5.32 Å². The zero-order valence-electron chi connectivity index (χ0n) is 11.3. The van der Waals surface area contributed by atoms with Gasteiger partial charge in [-0.2, -0.15) is 11.8 Å². The molecular formula is C14H22FNOS. The molecule has 0 saturated carbocycles. The smallest absolute Gasteiger partial charge is 0.165 e. The first kappa shape index (κ1) is 15.3. The largest absolute Gasteiger partial charge is 0.489 e. The van der Waals surface area contributed by atoms with Crippen LogP contribution in [-0.2, 0) is 6.54 Å². The molecule has 4 heteroatoms. The minimum Gasteiger partial charge on any atom is -0.489 e. The van der Waals surface area contributed by atoms with Gasteiger partial charge in [-0.05, 0) is 24.8 Å². The monoisotopic (exact) mass is 271 g/mol. The Kier molecular flexibility index (Phi) is 7.13. The molecule has 0 bridgehead atoms. The predicted octanol–water partition coefficient (Wildman–Crippen LogP) is 3.31. The van der Waals surface area contributed by atoms with E-state index in [1.54, 1.807) is 17.8 Å². The molecule has 18 heavy (non-hydrogen) atoms. The molecule has 0 unspecified atom stereocenters. The van der Waals surface area contributed by atoms with Crippen molar-refractivity contribution in [3.63, 3.8) is 0 Å². The second-order valence-electron chi connectivity index (χ2n) is 4.59. The molecule has 0 heterocycles. The topological polar surface area (TPSA) is 21.3 Å². The van der Waals surface area contributed by atoms with E-state index in [1.165, 1.54) is 6.07 Å². The van der Waals surface area contributed by atoms with Crippen molar-refractivity contribution in [2.75, 3.05) is 25.2 Å². The van der Waals surface area contributed by atoms with Crippen molar-refractivity contribution in [2.45, 2.75) is 20.4 Å². The van der Waals surface area contributed by atoms with Crippen molar-refractivity contribution >= 4 is 11.8 Å². The number of benzene rings is 1. The van der Waals surface area contributed by atoms with Crippen LogP contribution in [0.25, 0.3) is 0 Å². The Morgan fingerprint density at radius 3 is 2.83 bits per heavy atom. The third-order valence-corrected chi connectivity index (χ3v) is 3.03. The van der Waals surface area contributed by atoms with Gasteiger partial charge in [0.1, 0.15) is 0 Å². The molecule has 1 rings (SSSR count). The highest BCUT2D eigenvalue weighted by molar-refractivity contribution is 7.98. The van der Waals surface area contributed by atoms with Crippen molar-refractivity contribution in [3.05, 3.63) is 29.6 Å². The van der Waals surface area contributed by atoms with Gasteiger partial charge >= 0.3 is 0 Å². The van der Waals surface area contributed by atoms with Gasteiger partial charge < -0.3 is 10.1 Å². The Morgan fingerprint density at radius 1 is 1.39 bits per heavy atom. The van der Waals surface area contributed by atoms with Crippen molar-refractivity contribution in [1.29, 1.82) is 0 Å². The SMILES string of the molecule is CSCCOc1c(F)cccc1CNCC(C)C. The van der Waals surface area contributed by atoms with E-state index in [0.29, 0.717) is 24.8 Å². The number of thioether (sulfide) groups is 1. The maximum Gasteiger partial charge on any atom is 0.165 e. The van der Waals surface area contributed by atoms with Crippen molar-refractivity contribution in [3.8, 4) is 5.75 Å². The highest BCUT2D eigenvalue weighted by Gasteiger charge is 2.09. The van der Waals surface area contributed by atoms with Gasteiger partial charge in [-0.25, -0.2) is 4.39 Å². The fourth-order valence-electron chi connectivity index (χ4n) is 1.58. The number of rotatable bonds is 8. The highest BCUT2D eigenvalue weighted by atomic mass is 32.2. The predicted molar refractivity (Wildman–Crippen MR) is 76.8 cm³/mol. The van der Waals surface area contributed by atoms with Crippen LogP contribution >= 0.6 is 11.8 Å². The molecule has 0 aliphatic carbocycles. The van der Waals surface area contributed by atoms with Gasteiger partial charge in [0.15, 0.2) is 11.6 Å². The summed E-state index contributed by atoms with van der Waals surface area (Å²) in [6.45, 7) is 6.40. The Balaban J connectivity index is 2.61. The van der Waals surface area contributed by atoms with Crippen molar-refractivity contribution in [2.24, 2.45) is 5.92 Å². The summed E-state index contributed by atoms with van der Waals surface area (Å²) in [6, 6.07) is 5.08. The molecule has 0 radical (unpaired) electrons. The van der Waals surface area contributed by atoms with Crippen LogP contribution < -0.4 is 10.1 Å². The van der Waals surface area contributed by atoms with Gasteiger partial charge in [-0.3, -0.25) is 0 Å². The van der Waals surface area contributed by atoms with Gasteiger partial charge in [-0.15, -0.1) is 0 Å². The number of hydrogen-bond donors (Lipinski definition) is 1. The molecule has 1 aromatic carbocycles. The molecule has 0 aliphatic heterocycles. The first-order valence-electron chi connectivity index (χ1n) is 6.25. The average Bonchev–Trinajstić information content (AvgIpc) is 2.32. The van der Waals surface area contributed by atoms with Crippen LogP contribution in [0.3, 0.4) is 0 Å². The zero-order chi connectivity index (χ0) is 13.4. The van der Waals surface area contributed by atoms with Crippen LogP contribution in [0.4, 0.5) is 4.39 Å². The summed E-state index contributed by atoms with van der Waals surface area (Å²) in [7, 11) is 0. The van der Waals surface area contributed by atoms with Gasteiger partial charge in [-0.1, -0.05) is 26.0 Å². The maximum atomic E-state index is 13.7. The van der Waals surface area contributed by atoms with Gasteiger partial charge in [0.05, 0.1) is 6.61 Å². The van der Waals surface area contributed by atoms with E-state index in [-0.39, 0.29) is 5.82 Å². The fraction of sp³-hybridized carbons (Fsp3) is 0.571. The summed E-state index contributed by atoms with van der Waals surface area (Å²) >= 11 is 1.69. The minimum atomic E-state index is -0.278. The average molecular weight is 271 g/mol. The molecule has 0 spiro atoms. The van der Waals surface area contributed by atoms with Crippen LogP contribution in [0.5, 0.6) is 5.75 Å². The Hall–Kier alpha value is -0.740. The summed E-state index contributed by atoms with van der Waals surface area (Å²) in [5.74, 6) is 1.56. The van der Waals surface area contributed by atoms with Crippen LogP contribution in [0.2, 0.25) is 0 Å². The third-order valence-electron chi connectivity index (χ3n) is 2.45. The molecule has 0 fully saturated rings. The number of para-hydroxylation sites is 1. The van der Waals surface area contributed by atoms with Crippen LogP contribution in [0, 0.1) is 11.7 Å². The molecule has 1 N–H and O–H groups in total. The second-order valence-corrected chi connectivity index (χ2v) is 5.58. The molecule has 0 atom stereocenters. The summed E-state index contributed by atoms with van der Waals surface area (Å²) < 4.78 is 19.2. The van der Waals surface area contributed by atoms with E-state index >= 15 is 0 Å². The Morgan fingerprint density at radius 2 is 2.17 bits per heavy atom. The molecule has 0 aliphatic rings. The van der Waals surface area contributed by atoms with Crippen molar-refractivity contribution < 1.29 is 9.13 Å². The zero-order valence-corrected chi connectivity index (χ0v) is 12.1. The molecule has 0 amide bonds. The summed E-state index contributed by atoms with van der Waals surface area (Å²) in [5.41, 5.74) is 0.886. The third kappa shape index (κ3) is 5.27. The van der Waals surface area contributed by atoms with Gasteiger partial charge in [0.2, 0.25) is 0 Å². The first-order valence-corrected chi connectivity index (χ1v) is 7.64. The van der Waals surface area contributed by atoms with Gasteiger partial charge in [0.25, 0.3) is 0 Å². The van der Waals surface area contributed by atoms with Gasteiger partial charge in [0, 0.05) is 17.9 Å². The van der Waals surface area contributed by atoms with E-state index in [4.69, 9.17) is 4.74 Å². The van der Waals surface area contributed by atoms with Crippen LogP contribution in [-0.4, -0.2) is 25.2 Å².